The molecule has 0 amide bonds. The number of rotatable bonds is 4. The van der Waals surface area contributed by atoms with Crippen LogP contribution in [0.15, 0.2) is 206 Å². The van der Waals surface area contributed by atoms with E-state index in [1.54, 1.807) is 0 Å². The Morgan fingerprint density at radius 2 is 0.708 bits per heavy atom. The van der Waals surface area contributed by atoms with E-state index in [-0.39, 0.29) is 0 Å². The lowest BCUT2D eigenvalue weighted by molar-refractivity contribution is 1.16. The second-order valence-corrected chi connectivity index (χ2v) is 18.2. The predicted molar refractivity (Wildman–Crippen MR) is 276 cm³/mol. The summed E-state index contributed by atoms with van der Waals surface area (Å²) in [6.07, 6.45) is 0.898. The molecule has 0 spiro atoms. The molecular weight excluding hydrogens is 785 g/mol. The smallest absolute Gasteiger partial charge is 0.0542 e. The minimum absolute atomic E-state index is 0.898. The summed E-state index contributed by atoms with van der Waals surface area (Å²) >= 11 is 0. The number of aryl methyl sites for hydroxylation is 2. The maximum Gasteiger partial charge on any atom is 0.0542 e. The van der Waals surface area contributed by atoms with Crippen LogP contribution in [0.25, 0.3) is 121 Å². The first-order valence-corrected chi connectivity index (χ1v) is 22.8. The topological polar surface area (TPSA) is 9.86 Å². The molecule has 13 aromatic rings. The first-order valence-electron chi connectivity index (χ1n) is 22.8. The second kappa shape index (κ2) is 13.6. The number of para-hydroxylation sites is 1. The summed E-state index contributed by atoms with van der Waals surface area (Å²) in [7, 11) is 0. The molecule has 1 aliphatic carbocycles. The minimum Gasteiger partial charge on any atom is -0.309 e. The van der Waals surface area contributed by atoms with E-state index < -0.39 is 0 Å². The molecule has 2 nitrogen and oxygen atoms in total. The summed E-state index contributed by atoms with van der Waals surface area (Å²) in [6, 6.07) is 77.4. The Labute approximate surface area is 376 Å². The molecule has 0 atom stereocenters. The predicted octanol–water partition coefficient (Wildman–Crippen LogP) is 16.9. The first-order chi connectivity index (χ1) is 32.1. The Bertz CT molecular complexity index is 4060. The van der Waals surface area contributed by atoms with Gasteiger partial charge in [0.2, 0.25) is 0 Å². The molecule has 2 heterocycles. The number of hydrogen-bond donors (Lipinski definition) is 0. The van der Waals surface area contributed by atoms with Crippen molar-refractivity contribution in [2.75, 3.05) is 0 Å². The summed E-state index contributed by atoms with van der Waals surface area (Å²) in [6.45, 7) is 4.37. The highest BCUT2D eigenvalue weighted by molar-refractivity contribution is 6.26. The lowest BCUT2D eigenvalue weighted by atomic mass is 9.90. The lowest BCUT2D eigenvalue weighted by Gasteiger charge is -2.14. The summed E-state index contributed by atoms with van der Waals surface area (Å²) < 4.78 is 4.87. The first kappa shape index (κ1) is 36.3. The molecule has 65 heavy (non-hydrogen) atoms. The van der Waals surface area contributed by atoms with Crippen molar-refractivity contribution in [2.45, 2.75) is 20.3 Å². The standard InChI is InChI=1S/C63H42N2/c1-38-21-30-61-57(33-38)58-34-39(2)22-31-62(58)65(61)43-28-32-63-59(36-43)53-15-7-8-20-60(53)64(63)42-26-23-40(24-27-42)44-16-9-18-50-51-19-10-17-45(56(51)37-55(44)50)41-25-29-52-48-13-4-3-11-46(48)47-12-5-6-14-49(47)54(52)35-41/h3-36H,37H2,1-2H3. The zero-order valence-electron chi connectivity index (χ0n) is 36.2. The monoisotopic (exact) mass is 826 g/mol. The fourth-order valence-corrected chi connectivity index (χ4v) is 11.5. The molecule has 0 aliphatic heterocycles. The van der Waals surface area contributed by atoms with Crippen molar-refractivity contribution < 1.29 is 0 Å². The van der Waals surface area contributed by atoms with Gasteiger partial charge in [-0.1, -0.05) is 151 Å². The van der Waals surface area contributed by atoms with E-state index in [0.29, 0.717) is 0 Å². The fourth-order valence-electron chi connectivity index (χ4n) is 11.5. The minimum atomic E-state index is 0.898. The summed E-state index contributed by atoms with van der Waals surface area (Å²) in [5.41, 5.74) is 20.4. The van der Waals surface area contributed by atoms with Gasteiger partial charge in [0.05, 0.1) is 22.1 Å². The summed E-state index contributed by atoms with van der Waals surface area (Å²) in [5.74, 6) is 0. The maximum absolute atomic E-state index is 2.44. The normalized spacial score (nSPS) is 12.4. The van der Waals surface area contributed by atoms with Crippen LogP contribution in [0.5, 0.6) is 0 Å². The van der Waals surface area contributed by atoms with Crippen LogP contribution in [0, 0.1) is 13.8 Å². The average Bonchev–Trinajstić information content (AvgIpc) is 4.01. The molecule has 0 unspecified atom stereocenters. The molecule has 0 saturated carbocycles. The molecule has 0 radical (unpaired) electrons. The highest BCUT2D eigenvalue weighted by Crippen LogP contribution is 2.47. The highest BCUT2D eigenvalue weighted by Gasteiger charge is 2.25. The maximum atomic E-state index is 2.44. The van der Waals surface area contributed by atoms with Crippen molar-refractivity contribution in [1.29, 1.82) is 0 Å². The number of nitrogens with zero attached hydrogens (tertiary/aromatic N) is 2. The van der Waals surface area contributed by atoms with Gasteiger partial charge in [0, 0.05) is 32.9 Å². The van der Waals surface area contributed by atoms with E-state index in [4.69, 9.17) is 0 Å². The van der Waals surface area contributed by atoms with E-state index in [1.807, 2.05) is 0 Å². The third-order valence-electron chi connectivity index (χ3n) is 14.5. The number of fused-ring (bicyclic) bond motifs is 15. The highest BCUT2D eigenvalue weighted by atomic mass is 15.0. The lowest BCUT2D eigenvalue weighted by Crippen LogP contribution is -1.96. The van der Waals surface area contributed by atoms with Crippen LogP contribution in [0.3, 0.4) is 0 Å². The number of aromatic nitrogens is 2. The molecular formula is C63H42N2. The van der Waals surface area contributed by atoms with Crippen molar-refractivity contribution >= 4 is 75.9 Å². The van der Waals surface area contributed by atoms with E-state index >= 15 is 0 Å². The van der Waals surface area contributed by atoms with Crippen molar-refractivity contribution in [3.8, 4) is 44.8 Å². The molecule has 0 N–H and O–H groups in total. The van der Waals surface area contributed by atoms with E-state index in [1.165, 1.54) is 137 Å². The molecule has 2 aromatic heterocycles. The van der Waals surface area contributed by atoms with Gasteiger partial charge >= 0.3 is 0 Å². The van der Waals surface area contributed by atoms with Crippen LogP contribution in [0.4, 0.5) is 0 Å². The van der Waals surface area contributed by atoms with Gasteiger partial charge in [0.1, 0.15) is 0 Å². The third-order valence-corrected chi connectivity index (χ3v) is 14.5. The van der Waals surface area contributed by atoms with E-state index in [0.717, 1.165) is 12.1 Å². The van der Waals surface area contributed by atoms with Gasteiger partial charge in [-0.05, 0) is 164 Å². The van der Waals surface area contributed by atoms with Crippen molar-refractivity contribution in [1.82, 2.24) is 9.13 Å². The molecule has 304 valence electrons. The number of benzene rings is 11. The van der Waals surface area contributed by atoms with Gasteiger partial charge in [-0.2, -0.15) is 0 Å². The van der Waals surface area contributed by atoms with E-state index in [2.05, 4.69) is 229 Å². The van der Waals surface area contributed by atoms with Crippen LogP contribution in [0.1, 0.15) is 22.3 Å². The zero-order valence-corrected chi connectivity index (χ0v) is 36.2. The Hall–Kier alpha value is -8.20. The molecule has 2 heteroatoms. The van der Waals surface area contributed by atoms with Crippen LogP contribution in [-0.2, 0) is 6.42 Å². The SMILES string of the molecule is Cc1ccc2c(c1)c1cc(C)ccc1n2-c1ccc2c(c1)c1ccccc1n2-c1ccc(-c2cccc3c2Cc2c(-c4ccc5c6ccccc6c6ccccc6c5c4)cccc2-3)cc1. The molecule has 0 bridgehead atoms. The van der Waals surface area contributed by atoms with Crippen molar-refractivity contribution in [3.05, 3.63) is 229 Å². The fraction of sp³-hybridized carbons (Fsp3) is 0.0476. The van der Waals surface area contributed by atoms with E-state index in [9.17, 15) is 0 Å². The molecule has 0 saturated heterocycles. The average molecular weight is 827 g/mol. The Morgan fingerprint density at radius 3 is 1.32 bits per heavy atom. The van der Waals surface area contributed by atoms with Crippen LogP contribution in [0.2, 0.25) is 0 Å². The largest absolute Gasteiger partial charge is 0.309 e. The quantitative estimate of drug-likeness (QED) is 0.156. The van der Waals surface area contributed by atoms with Crippen molar-refractivity contribution in [2.24, 2.45) is 0 Å². The van der Waals surface area contributed by atoms with Gasteiger partial charge in [-0.3, -0.25) is 0 Å². The summed E-state index contributed by atoms with van der Waals surface area (Å²) in [5, 5.41) is 12.9. The molecule has 1 aliphatic rings. The van der Waals surface area contributed by atoms with Gasteiger partial charge in [0.15, 0.2) is 0 Å². The van der Waals surface area contributed by atoms with Crippen LogP contribution < -0.4 is 0 Å². The summed E-state index contributed by atoms with van der Waals surface area (Å²) in [4.78, 5) is 0. The Kier molecular flexibility index (Phi) is 7.62. The Morgan fingerprint density at radius 1 is 0.277 bits per heavy atom. The third kappa shape index (κ3) is 5.29. The Balaban J connectivity index is 0.848. The van der Waals surface area contributed by atoms with Gasteiger partial charge in [-0.15, -0.1) is 0 Å². The van der Waals surface area contributed by atoms with Crippen LogP contribution >= 0.6 is 0 Å². The van der Waals surface area contributed by atoms with Crippen LogP contribution in [-0.4, -0.2) is 9.13 Å². The number of hydrogen-bond acceptors (Lipinski definition) is 0. The molecule has 11 aromatic carbocycles. The van der Waals surface area contributed by atoms with Gasteiger partial charge in [0.25, 0.3) is 0 Å². The second-order valence-electron chi connectivity index (χ2n) is 18.2. The zero-order chi connectivity index (χ0) is 42.9. The molecule has 14 rings (SSSR count). The van der Waals surface area contributed by atoms with Gasteiger partial charge < -0.3 is 9.13 Å². The molecule has 0 fully saturated rings. The van der Waals surface area contributed by atoms with Gasteiger partial charge in [-0.25, -0.2) is 0 Å². The van der Waals surface area contributed by atoms with Crippen molar-refractivity contribution in [3.63, 3.8) is 0 Å².